The minimum atomic E-state index is -0.980. The van der Waals surface area contributed by atoms with Crippen LogP contribution in [-0.4, -0.2) is 66.9 Å². The predicted molar refractivity (Wildman–Crippen MR) is 139 cm³/mol. The van der Waals surface area contributed by atoms with Crippen LogP contribution in [0.4, 0.5) is 0 Å². The molecule has 0 aliphatic carbocycles. The molecule has 0 unspecified atom stereocenters. The molecule has 2 bridgehead atoms. The number of amides is 4. The molecule has 3 N–H and O–H groups in total. The van der Waals surface area contributed by atoms with Crippen LogP contribution >= 0.6 is 0 Å². The summed E-state index contributed by atoms with van der Waals surface area (Å²) in [4.78, 5) is 53.2. The van der Waals surface area contributed by atoms with E-state index in [1.54, 1.807) is 31.4 Å². The van der Waals surface area contributed by atoms with Crippen molar-refractivity contribution in [2.24, 2.45) is 11.8 Å². The van der Waals surface area contributed by atoms with Gasteiger partial charge in [0.15, 0.2) is 0 Å². The second kappa shape index (κ2) is 12.6. The summed E-state index contributed by atoms with van der Waals surface area (Å²) in [5, 5.41) is 8.27. The molecule has 2 aliphatic rings. The number of methoxy groups -OCH3 is 1. The highest BCUT2D eigenvalue weighted by atomic mass is 16.5. The van der Waals surface area contributed by atoms with Gasteiger partial charge in [-0.2, -0.15) is 0 Å². The molecule has 37 heavy (non-hydrogen) atoms. The maximum absolute atomic E-state index is 13.7. The predicted octanol–water partition coefficient (Wildman–Crippen LogP) is 1.84. The molecule has 0 spiro atoms. The van der Waals surface area contributed by atoms with Crippen LogP contribution in [0.3, 0.4) is 0 Å². The number of fused-ring (bicyclic) bond motifs is 3. The van der Waals surface area contributed by atoms with E-state index in [1.807, 2.05) is 27.7 Å². The van der Waals surface area contributed by atoms with E-state index in [2.05, 4.69) is 16.0 Å². The number of nitrogens with zero attached hydrogens (tertiary/aromatic N) is 1. The largest absolute Gasteiger partial charge is 0.496 e. The average molecular weight is 515 g/mol. The highest BCUT2D eigenvalue weighted by Gasteiger charge is 2.46. The number of hydrogen-bond donors (Lipinski definition) is 3. The van der Waals surface area contributed by atoms with E-state index in [0.29, 0.717) is 42.7 Å². The number of carbonyl (C=O) groups excluding carboxylic acids is 4. The Bertz CT molecular complexity index is 1030. The molecule has 1 aromatic rings. The van der Waals surface area contributed by atoms with Gasteiger partial charge < -0.3 is 30.3 Å². The van der Waals surface area contributed by atoms with E-state index in [4.69, 9.17) is 9.47 Å². The molecule has 0 radical (unpaired) electrons. The molecular formula is C27H38N4O6. The Morgan fingerprint density at radius 3 is 2.65 bits per heavy atom. The highest BCUT2D eigenvalue weighted by Crippen LogP contribution is 2.30. The molecule has 2 heterocycles. The summed E-state index contributed by atoms with van der Waals surface area (Å²) in [6.45, 7) is 7.91. The molecule has 1 fully saturated rings. The van der Waals surface area contributed by atoms with Crippen molar-refractivity contribution >= 4 is 30.2 Å². The number of nitrogens with one attached hydrogen (secondary N) is 3. The summed E-state index contributed by atoms with van der Waals surface area (Å²) >= 11 is 0. The van der Waals surface area contributed by atoms with Gasteiger partial charge in [-0.05, 0) is 36.1 Å². The zero-order chi connectivity index (χ0) is 27.1. The standard InChI is InChI=1S/C27H38N4O6/c1-6-16(3)22-25(33)28-12-10-18-14-19(8-9-20(18)36-5)37-21-11-13-31(24(21)26(34)30-22)27(35)23(29-15-32)17(4)7-2/h8-10,12,14-17,21-24H,6-7,11,13H2,1-5H3,(H,28,33)(H,29,32)(H,30,34)/b12-10-/t16-,17-,21-,22-,23+,24-/m0/s1. The third-order valence-electron chi connectivity index (χ3n) is 7.39. The minimum Gasteiger partial charge on any atom is -0.496 e. The lowest BCUT2D eigenvalue weighted by Gasteiger charge is -2.33. The van der Waals surface area contributed by atoms with E-state index >= 15 is 0 Å². The van der Waals surface area contributed by atoms with Crippen molar-refractivity contribution in [3.8, 4) is 11.5 Å². The number of hydrogen-bond acceptors (Lipinski definition) is 6. The van der Waals surface area contributed by atoms with Crippen molar-refractivity contribution in [2.75, 3.05) is 13.7 Å². The first kappa shape index (κ1) is 28.0. The van der Waals surface area contributed by atoms with Gasteiger partial charge in [0.2, 0.25) is 24.1 Å². The summed E-state index contributed by atoms with van der Waals surface area (Å²) in [5.74, 6) is -0.373. The van der Waals surface area contributed by atoms with Gasteiger partial charge in [0.1, 0.15) is 35.7 Å². The zero-order valence-electron chi connectivity index (χ0n) is 22.2. The second-order valence-corrected chi connectivity index (χ2v) is 9.69. The normalized spacial score (nSPS) is 24.9. The van der Waals surface area contributed by atoms with Crippen LogP contribution in [0.2, 0.25) is 0 Å². The fraction of sp³-hybridized carbons (Fsp3) is 0.556. The van der Waals surface area contributed by atoms with Crippen molar-refractivity contribution in [1.82, 2.24) is 20.9 Å². The summed E-state index contributed by atoms with van der Waals surface area (Å²) in [6, 6.07) is 2.69. The van der Waals surface area contributed by atoms with E-state index < -0.39 is 30.1 Å². The Morgan fingerprint density at radius 2 is 2.00 bits per heavy atom. The minimum absolute atomic E-state index is 0.135. The summed E-state index contributed by atoms with van der Waals surface area (Å²) in [5.41, 5.74) is 0.688. The molecular weight excluding hydrogens is 476 g/mol. The number of benzene rings is 1. The van der Waals surface area contributed by atoms with Crippen molar-refractivity contribution < 1.29 is 28.7 Å². The molecule has 10 heteroatoms. The molecule has 4 amide bonds. The lowest BCUT2D eigenvalue weighted by Crippen LogP contribution is -2.60. The van der Waals surface area contributed by atoms with Gasteiger partial charge >= 0.3 is 0 Å². The Kier molecular flexibility index (Phi) is 9.54. The maximum Gasteiger partial charge on any atom is 0.247 e. The fourth-order valence-electron chi connectivity index (χ4n) is 4.75. The quantitative estimate of drug-likeness (QED) is 0.455. The summed E-state index contributed by atoms with van der Waals surface area (Å²) in [7, 11) is 1.55. The molecule has 10 nitrogen and oxygen atoms in total. The first-order chi connectivity index (χ1) is 17.7. The summed E-state index contributed by atoms with van der Waals surface area (Å²) in [6.07, 6.45) is 4.82. The van der Waals surface area contributed by atoms with Gasteiger partial charge in [-0.3, -0.25) is 19.2 Å². The van der Waals surface area contributed by atoms with Gasteiger partial charge in [0, 0.05) is 24.7 Å². The van der Waals surface area contributed by atoms with Gasteiger partial charge in [-0.25, -0.2) is 0 Å². The molecule has 202 valence electrons. The lowest BCUT2D eigenvalue weighted by atomic mass is 9.96. The van der Waals surface area contributed by atoms with Gasteiger partial charge in [0.25, 0.3) is 0 Å². The van der Waals surface area contributed by atoms with E-state index in [1.165, 1.54) is 11.1 Å². The lowest BCUT2D eigenvalue weighted by molar-refractivity contribution is -0.144. The Balaban J connectivity index is 2.04. The smallest absolute Gasteiger partial charge is 0.247 e. The van der Waals surface area contributed by atoms with Crippen LogP contribution < -0.4 is 25.4 Å². The van der Waals surface area contributed by atoms with E-state index in [-0.39, 0.29) is 30.2 Å². The first-order valence-corrected chi connectivity index (χ1v) is 12.9. The van der Waals surface area contributed by atoms with Crippen LogP contribution in [0.5, 0.6) is 11.5 Å². The van der Waals surface area contributed by atoms with Crippen LogP contribution in [0.25, 0.3) is 6.08 Å². The van der Waals surface area contributed by atoms with Crippen molar-refractivity contribution in [1.29, 1.82) is 0 Å². The van der Waals surface area contributed by atoms with E-state index in [9.17, 15) is 19.2 Å². The van der Waals surface area contributed by atoms with Crippen LogP contribution in [0, 0.1) is 11.8 Å². The van der Waals surface area contributed by atoms with Crippen LogP contribution in [-0.2, 0) is 19.2 Å². The molecule has 1 aromatic carbocycles. The monoisotopic (exact) mass is 514 g/mol. The highest BCUT2D eigenvalue weighted by molar-refractivity contribution is 5.95. The van der Waals surface area contributed by atoms with Crippen LogP contribution in [0.1, 0.15) is 52.5 Å². The van der Waals surface area contributed by atoms with E-state index in [0.717, 1.165) is 0 Å². The molecule has 6 atom stereocenters. The molecule has 1 saturated heterocycles. The number of ether oxygens (including phenoxy) is 2. The fourth-order valence-corrected chi connectivity index (χ4v) is 4.75. The number of likely N-dealkylation sites (tertiary alicyclic amines) is 1. The third-order valence-corrected chi connectivity index (χ3v) is 7.39. The van der Waals surface area contributed by atoms with Gasteiger partial charge in [0.05, 0.1) is 7.11 Å². The molecule has 0 aromatic heterocycles. The Hall–Kier alpha value is -3.56. The molecule has 2 aliphatic heterocycles. The second-order valence-electron chi connectivity index (χ2n) is 9.69. The van der Waals surface area contributed by atoms with Crippen molar-refractivity contribution in [3.63, 3.8) is 0 Å². The summed E-state index contributed by atoms with van der Waals surface area (Å²) < 4.78 is 11.7. The first-order valence-electron chi connectivity index (χ1n) is 12.9. The molecule has 3 rings (SSSR count). The van der Waals surface area contributed by atoms with Crippen molar-refractivity contribution in [3.05, 3.63) is 30.0 Å². The van der Waals surface area contributed by atoms with Gasteiger partial charge in [-0.1, -0.05) is 40.5 Å². The Morgan fingerprint density at radius 1 is 1.24 bits per heavy atom. The topological polar surface area (TPSA) is 126 Å². The average Bonchev–Trinajstić information content (AvgIpc) is 3.32. The SMILES string of the molecule is CC[C@H](C)[C@@H]1NC(=O)[C@@H]2[C@H](CCN2C(=O)[C@H](NC=O)[C@@H](C)CC)Oc2ccc(OC)c(c2)/C=C\NC1=O. The third kappa shape index (κ3) is 6.23. The van der Waals surface area contributed by atoms with Crippen LogP contribution in [0.15, 0.2) is 24.4 Å². The zero-order valence-corrected chi connectivity index (χ0v) is 22.2. The molecule has 0 saturated carbocycles. The maximum atomic E-state index is 13.7. The number of rotatable bonds is 8. The number of carbonyl (C=O) groups is 4. The van der Waals surface area contributed by atoms with Crippen molar-refractivity contribution in [2.45, 2.75) is 71.2 Å². The van der Waals surface area contributed by atoms with Gasteiger partial charge in [-0.15, -0.1) is 0 Å². The Labute approximate surface area is 218 Å².